The van der Waals surface area contributed by atoms with E-state index in [1.165, 1.54) is 16.7 Å². The van der Waals surface area contributed by atoms with Gasteiger partial charge in [-0.3, -0.25) is 0 Å². The van der Waals surface area contributed by atoms with Crippen molar-refractivity contribution in [2.45, 2.75) is 19.4 Å². The Morgan fingerprint density at radius 2 is 1.81 bits per heavy atom. The van der Waals surface area contributed by atoms with Gasteiger partial charge in [-0.25, -0.2) is 0 Å². The molecule has 1 N–H and O–H groups in total. The van der Waals surface area contributed by atoms with Crippen molar-refractivity contribution >= 4 is 5.57 Å². The van der Waals surface area contributed by atoms with E-state index in [0.717, 1.165) is 18.5 Å². The normalized spacial score (nSPS) is 14.3. The minimum atomic E-state index is -0.421. The largest absolute Gasteiger partial charge is 2.00 e. The van der Waals surface area contributed by atoms with Gasteiger partial charge in [0.1, 0.15) is 0 Å². The average Bonchev–Trinajstić information content (AvgIpc) is 2.76. The van der Waals surface area contributed by atoms with Crippen LogP contribution in [0, 0.1) is 0 Å². The van der Waals surface area contributed by atoms with Crippen LogP contribution in [0.15, 0.2) is 42.0 Å². The second-order valence-electron chi connectivity index (χ2n) is 5.11. The molecular weight excluding hydrogens is 341 g/mol. The molecular formula is C16H21Cl2NOTi. The van der Waals surface area contributed by atoms with Crippen LogP contribution in [0.1, 0.15) is 30.6 Å². The number of likely N-dealkylation sites (N-methyl/N-ethyl adjacent to an activating group) is 1. The summed E-state index contributed by atoms with van der Waals surface area (Å²) < 4.78 is 0. The molecule has 0 radical (unpaired) electrons. The molecule has 5 heteroatoms. The number of rotatable bonds is 4. The maximum Gasteiger partial charge on any atom is 2.00 e. The molecule has 0 saturated heterocycles. The smallest absolute Gasteiger partial charge is 1.00 e. The number of aliphatic hydroxyl groups excluding tert-OH is 1. The molecule has 0 fully saturated rings. The predicted molar refractivity (Wildman–Crippen MR) is 76.3 cm³/mol. The fraction of sp³-hybridized carbons (Fsp3) is 0.375. The number of aliphatic hydroxyl groups is 1. The zero-order valence-corrected chi connectivity index (χ0v) is 15.7. The van der Waals surface area contributed by atoms with Crippen molar-refractivity contribution in [3.05, 3.63) is 53.1 Å². The molecule has 0 aromatic heterocycles. The third kappa shape index (κ3) is 5.90. The Morgan fingerprint density at radius 1 is 1.19 bits per heavy atom. The first-order chi connectivity index (χ1) is 8.59. The van der Waals surface area contributed by atoms with Crippen molar-refractivity contribution in [3.8, 4) is 0 Å². The van der Waals surface area contributed by atoms with Crippen molar-refractivity contribution in [2.75, 3.05) is 20.6 Å². The molecule has 21 heavy (non-hydrogen) atoms. The number of hydrogen-bond donors (Lipinski definition) is 1. The van der Waals surface area contributed by atoms with Gasteiger partial charge in [-0.05, 0) is 49.7 Å². The summed E-state index contributed by atoms with van der Waals surface area (Å²) in [5.41, 5.74) is 4.91. The summed E-state index contributed by atoms with van der Waals surface area (Å²) in [6.45, 7) is 2.77. The summed E-state index contributed by atoms with van der Waals surface area (Å²) in [7, 11) is 4.16. The summed E-state index contributed by atoms with van der Waals surface area (Å²) in [6.07, 6.45) is 4.95. The van der Waals surface area contributed by atoms with Crippen LogP contribution in [0.5, 0.6) is 0 Å². The first kappa shape index (κ1) is 23.2. The van der Waals surface area contributed by atoms with Crippen molar-refractivity contribution in [1.29, 1.82) is 0 Å². The number of nitrogens with zero attached hydrogens (tertiary/aromatic N) is 1. The maximum absolute atomic E-state index is 9.88. The van der Waals surface area contributed by atoms with E-state index in [2.05, 4.69) is 37.2 Å². The molecule has 0 spiro atoms. The monoisotopic (exact) mass is 361 g/mol. The maximum atomic E-state index is 9.88. The van der Waals surface area contributed by atoms with Gasteiger partial charge in [0.15, 0.2) is 0 Å². The van der Waals surface area contributed by atoms with Crippen molar-refractivity contribution < 1.29 is 51.6 Å². The van der Waals surface area contributed by atoms with Crippen LogP contribution in [0.3, 0.4) is 0 Å². The summed E-state index contributed by atoms with van der Waals surface area (Å²) in [4.78, 5) is 2.18. The van der Waals surface area contributed by atoms with Crippen molar-refractivity contribution in [3.63, 3.8) is 0 Å². The molecule has 0 heterocycles. The number of benzene rings is 1. The minimum absolute atomic E-state index is 0. The van der Waals surface area contributed by atoms with Gasteiger partial charge in [-0.15, -0.1) is 0 Å². The fourth-order valence-corrected chi connectivity index (χ4v) is 2.46. The Labute approximate surface area is 155 Å². The zero-order chi connectivity index (χ0) is 13.1. The molecule has 1 atom stereocenters. The van der Waals surface area contributed by atoms with Crippen LogP contribution in [-0.2, 0) is 21.7 Å². The van der Waals surface area contributed by atoms with Crippen LogP contribution in [0.2, 0.25) is 0 Å². The molecule has 2 rings (SSSR count). The second kappa shape index (κ2) is 10.6. The number of halogens is 2. The molecule has 114 valence electrons. The Balaban J connectivity index is 0. The van der Waals surface area contributed by atoms with Gasteiger partial charge in [-0.2, -0.15) is 0 Å². The summed E-state index contributed by atoms with van der Waals surface area (Å²) in [5, 5.41) is 9.88. The van der Waals surface area contributed by atoms with Gasteiger partial charge in [0.25, 0.3) is 0 Å². The van der Waals surface area contributed by atoms with Crippen LogP contribution in [-0.4, -0.2) is 30.6 Å². The molecule has 0 amide bonds. The second-order valence-corrected chi connectivity index (χ2v) is 5.11. The van der Waals surface area contributed by atoms with E-state index in [0.29, 0.717) is 0 Å². The quantitative estimate of drug-likeness (QED) is 0.579. The Hall–Kier alpha value is -0.0857. The Kier molecular flexibility index (Phi) is 11.7. The van der Waals surface area contributed by atoms with Gasteiger partial charge < -0.3 is 34.8 Å². The van der Waals surface area contributed by atoms with Crippen LogP contribution in [0.4, 0.5) is 0 Å². The fourth-order valence-electron chi connectivity index (χ4n) is 2.46. The molecule has 0 aliphatic heterocycles. The van der Waals surface area contributed by atoms with Crippen molar-refractivity contribution in [2.24, 2.45) is 0 Å². The Morgan fingerprint density at radius 3 is 2.38 bits per heavy atom. The summed E-state index contributed by atoms with van der Waals surface area (Å²) in [6, 6.07) is 8.15. The third-order valence-corrected chi connectivity index (χ3v) is 3.25. The van der Waals surface area contributed by atoms with Crippen LogP contribution < -0.4 is 24.8 Å². The van der Waals surface area contributed by atoms with Crippen molar-refractivity contribution in [1.82, 2.24) is 4.90 Å². The number of hydrogen-bond acceptors (Lipinski definition) is 2. The predicted octanol–water partition coefficient (Wildman–Crippen LogP) is -2.98. The molecule has 1 aliphatic rings. The molecule has 1 unspecified atom stereocenters. The summed E-state index contributed by atoms with van der Waals surface area (Å²) in [5.74, 6) is 0. The van der Waals surface area contributed by atoms with Gasteiger partial charge in [-0.1, -0.05) is 36.4 Å². The molecule has 1 aromatic carbocycles. The van der Waals surface area contributed by atoms with Crippen LogP contribution >= 0.6 is 0 Å². The zero-order valence-electron chi connectivity index (χ0n) is 12.6. The van der Waals surface area contributed by atoms with E-state index < -0.39 is 6.10 Å². The van der Waals surface area contributed by atoms with E-state index in [9.17, 15) is 5.11 Å². The minimum Gasteiger partial charge on any atom is -1.00 e. The first-order valence-corrected chi connectivity index (χ1v) is 6.40. The molecule has 2 nitrogen and oxygen atoms in total. The molecule has 0 bridgehead atoms. The molecule has 0 saturated carbocycles. The SMILES string of the molecule is CC(O)c1ccccc1C1=C(CN(C)C)C=CC1.[Cl-].[Cl-].[Ti+2]. The molecule has 1 aliphatic carbocycles. The topological polar surface area (TPSA) is 23.5 Å². The van der Waals surface area contributed by atoms with Gasteiger partial charge >= 0.3 is 21.7 Å². The summed E-state index contributed by atoms with van der Waals surface area (Å²) >= 11 is 0. The average molecular weight is 362 g/mol. The first-order valence-electron chi connectivity index (χ1n) is 6.40. The third-order valence-electron chi connectivity index (χ3n) is 3.25. The van der Waals surface area contributed by atoms with Gasteiger partial charge in [0, 0.05) is 6.54 Å². The van der Waals surface area contributed by atoms with Gasteiger partial charge in [0.05, 0.1) is 6.10 Å². The van der Waals surface area contributed by atoms with E-state index in [-0.39, 0.29) is 46.5 Å². The van der Waals surface area contributed by atoms with Gasteiger partial charge in [0.2, 0.25) is 0 Å². The van der Waals surface area contributed by atoms with E-state index >= 15 is 0 Å². The Bertz CT molecular complexity index is 499. The van der Waals surface area contributed by atoms with E-state index in [1.54, 1.807) is 0 Å². The molecule has 1 aromatic rings. The van der Waals surface area contributed by atoms with E-state index in [1.807, 2.05) is 25.1 Å². The number of allylic oxidation sites excluding steroid dienone is 2. The van der Waals surface area contributed by atoms with Crippen LogP contribution in [0.25, 0.3) is 5.57 Å². The van der Waals surface area contributed by atoms with E-state index in [4.69, 9.17) is 0 Å². The standard InChI is InChI=1S/C16H21NO.2ClH.Ti/c1-12(18)14-8-4-5-9-16(14)15-10-6-7-13(15)11-17(2)3;;;/h4-9,12,18H,10-11H2,1-3H3;2*1H;/q;;;+2/p-2.